The zero-order valence-corrected chi connectivity index (χ0v) is 19.0. The maximum Gasteiger partial charge on any atom is 0.261 e. The van der Waals surface area contributed by atoms with Crippen molar-refractivity contribution in [1.82, 2.24) is 15.1 Å². The summed E-state index contributed by atoms with van der Waals surface area (Å²) in [6.07, 6.45) is -0.567. The van der Waals surface area contributed by atoms with Gasteiger partial charge in [-0.05, 0) is 65.6 Å². The first-order chi connectivity index (χ1) is 13.9. The standard InChI is InChI=1S/C23H30BrN3O2/c1-17-7-8-22(21(24)13-17)29-18(2)23(28)25-15-19-5-4-6-20(14-19)16-27-11-9-26(3)10-12-27/h4-8,13-14,18H,9-12,15-16H2,1-3H3,(H,25,28). The van der Waals surface area contributed by atoms with Crippen LogP contribution in [0.25, 0.3) is 0 Å². The van der Waals surface area contributed by atoms with Crippen LogP contribution >= 0.6 is 15.9 Å². The van der Waals surface area contributed by atoms with Crippen molar-refractivity contribution in [3.05, 3.63) is 63.6 Å². The zero-order valence-electron chi connectivity index (χ0n) is 17.5. The van der Waals surface area contributed by atoms with E-state index in [1.165, 1.54) is 5.56 Å². The monoisotopic (exact) mass is 459 g/mol. The number of piperazine rings is 1. The van der Waals surface area contributed by atoms with Crippen LogP contribution in [0.1, 0.15) is 23.6 Å². The second-order valence-corrected chi connectivity index (χ2v) is 8.67. The quantitative estimate of drug-likeness (QED) is 0.686. The van der Waals surface area contributed by atoms with Crippen LogP contribution in [0.15, 0.2) is 46.9 Å². The summed E-state index contributed by atoms with van der Waals surface area (Å²) in [5, 5.41) is 2.99. The molecule has 6 heteroatoms. The molecular weight excluding hydrogens is 430 g/mol. The highest BCUT2D eigenvalue weighted by atomic mass is 79.9. The number of likely N-dealkylation sites (N-methyl/N-ethyl adjacent to an activating group) is 1. The van der Waals surface area contributed by atoms with Crippen molar-refractivity contribution in [1.29, 1.82) is 0 Å². The van der Waals surface area contributed by atoms with E-state index in [9.17, 15) is 4.79 Å². The number of benzene rings is 2. The number of ether oxygens (including phenoxy) is 1. The zero-order chi connectivity index (χ0) is 20.8. The van der Waals surface area contributed by atoms with Gasteiger partial charge in [-0.1, -0.05) is 30.3 Å². The van der Waals surface area contributed by atoms with Gasteiger partial charge in [0.2, 0.25) is 0 Å². The van der Waals surface area contributed by atoms with Crippen molar-refractivity contribution >= 4 is 21.8 Å². The fourth-order valence-electron chi connectivity index (χ4n) is 3.38. The molecule has 3 rings (SSSR count). The van der Waals surface area contributed by atoms with E-state index in [0.29, 0.717) is 12.3 Å². The van der Waals surface area contributed by atoms with Crippen molar-refractivity contribution < 1.29 is 9.53 Å². The van der Waals surface area contributed by atoms with Crippen LogP contribution in [-0.2, 0) is 17.9 Å². The van der Waals surface area contributed by atoms with Gasteiger partial charge in [0.05, 0.1) is 4.47 Å². The first kappa shape index (κ1) is 21.8. The molecule has 0 aliphatic carbocycles. The van der Waals surface area contributed by atoms with Crippen molar-refractivity contribution in [2.45, 2.75) is 33.0 Å². The fraction of sp³-hybridized carbons (Fsp3) is 0.435. The normalized spacial score (nSPS) is 16.4. The molecule has 0 radical (unpaired) electrons. The third kappa shape index (κ3) is 6.56. The number of rotatable bonds is 7. The number of carbonyl (C=O) groups is 1. The Balaban J connectivity index is 1.50. The van der Waals surface area contributed by atoms with Gasteiger partial charge in [0, 0.05) is 39.3 Å². The average Bonchev–Trinajstić information content (AvgIpc) is 2.70. The maximum atomic E-state index is 12.5. The molecule has 1 atom stereocenters. The summed E-state index contributed by atoms with van der Waals surface area (Å²) in [7, 11) is 2.17. The Morgan fingerprint density at radius 2 is 1.86 bits per heavy atom. The lowest BCUT2D eigenvalue weighted by atomic mass is 10.1. The topological polar surface area (TPSA) is 44.8 Å². The van der Waals surface area contributed by atoms with E-state index in [0.717, 1.165) is 48.3 Å². The van der Waals surface area contributed by atoms with Crippen molar-refractivity contribution in [3.63, 3.8) is 0 Å². The maximum absolute atomic E-state index is 12.5. The van der Waals surface area contributed by atoms with E-state index >= 15 is 0 Å². The molecule has 2 aromatic carbocycles. The van der Waals surface area contributed by atoms with Gasteiger partial charge in [-0.15, -0.1) is 0 Å². The van der Waals surface area contributed by atoms with E-state index in [2.05, 4.69) is 62.4 Å². The van der Waals surface area contributed by atoms with Gasteiger partial charge in [0.25, 0.3) is 5.91 Å². The van der Waals surface area contributed by atoms with Gasteiger partial charge in [-0.25, -0.2) is 0 Å². The Hall–Kier alpha value is -1.89. The molecule has 1 saturated heterocycles. The summed E-state index contributed by atoms with van der Waals surface area (Å²) in [5.41, 5.74) is 3.53. The number of hydrogen-bond donors (Lipinski definition) is 1. The third-order valence-corrected chi connectivity index (χ3v) is 5.84. The second-order valence-electron chi connectivity index (χ2n) is 7.81. The highest BCUT2D eigenvalue weighted by molar-refractivity contribution is 9.10. The summed E-state index contributed by atoms with van der Waals surface area (Å²) in [4.78, 5) is 17.3. The van der Waals surface area contributed by atoms with Gasteiger partial charge in [0.15, 0.2) is 6.10 Å². The summed E-state index contributed by atoms with van der Waals surface area (Å²) in [5.74, 6) is 0.550. The molecule has 1 heterocycles. The average molecular weight is 460 g/mol. The largest absolute Gasteiger partial charge is 0.480 e. The number of hydrogen-bond acceptors (Lipinski definition) is 4. The molecule has 29 heavy (non-hydrogen) atoms. The van der Waals surface area contributed by atoms with Crippen LogP contribution in [-0.4, -0.2) is 55.0 Å². The summed E-state index contributed by atoms with van der Waals surface area (Å²) in [6, 6.07) is 14.3. The van der Waals surface area contributed by atoms with Crippen molar-refractivity contribution in [3.8, 4) is 5.75 Å². The fourth-order valence-corrected chi connectivity index (χ4v) is 3.97. The predicted molar refractivity (Wildman–Crippen MR) is 120 cm³/mol. The first-order valence-corrected chi connectivity index (χ1v) is 10.9. The van der Waals surface area contributed by atoms with Gasteiger partial charge < -0.3 is 15.0 Å². The number of halogens is 1. The lowest BCUT2D eigenvalue weighted by molar-refractivity contribution is -0.127. The molecular formula is C23H30BrN3O2. The van der Waals surface area contributed by atoms with Crippen LogP contribution in [0.5, 0.6) is 5.75 Å². The molecule has 156 valence electrons. The van der Waals surface area contributed by atoms with Crippen LogP contribution in [0.4, 0.5) is 0 Å². The molecule has 1 unspecified atom stereocenters. The van der Waals surface area contributed by atoms with E-state index < -0.39 is 6.10 Å². The van der Waals surface area contributed by atoms with Gasteiger partial charge in [0.1, 0.15) is 5.75 Å². The Labute approximate surface area is 182 Å². The smallest absolute Gasteiger partial charge is 0.261 e. The molecule has 0 aromatic heterocycles. The Bertz CT molecular complexity index is 835. The number of nitrogens with one attached hydrogen (secondary N) is 1. The van der Waals surface area contributed by atoms with Crippen LogP contribution in [0.2, 0.25) is 0 Å². The Morgan fingerprint density at radius 1 is 1.14 bits per heavy atom. The van der Waals surface area contributed by atoms with Crippen LogP contribution in [0, 0.1) is 6.92 Å². The molecule has 1 aliphatic rings. The van der Waals surface area contributed by atoms with E-state index in [1.54, 1.807) is 6.92 Å². The lowest BCUT2D eigenvalue weighted by Crippen LogP contribution is -2.43. The van der Waals surface area contributed by atoms with E-state index in [-0.39, 0.29) is 5.91 Å². The lowest BCUT2D eigenvalue weighted by Gasteiger charge is -2.32. The molecule has 5 nitrogen and oxygen atoms in total. The van der Waals surface area contributed by atoms with Crippen LogP contribution in [0.3, 0.4) is 0 Å². The number of amides is 1. The highest BCUT2D eigenvalue weighted by Gasteiger charge is 2.16. The summed E-state index contributed by atoms with van der Waals surface area (Å²) in [6.45, 7) is 9.67. The van der Waals surface area contributed by atoms with Crippen LogP contribution < -0.4 is 10.1 Å². The summed E-state index contributed by atoms with van der Waals surface area (Å²) < 4.78 is 6.67. The molecule has 1 aliphatic heterocycles. The SMILES string of the molecule is Cc1ccc(OC(C)C(=O)NCc2cccc(CN3CCN(C)CC3)c2)c(Br)c1. The molecule has 0 spiro atoms. The Kier molecular flexibility index (Phi) is 7.70. The number of carbonyl (C=O) groups excluding carboxylic acids is 1. The Morgan fingerprint density at radius 3 is 2.59 bits per heavy atom. The highest BCUT2D eigenvalue weighted by Crippen LogP contribution is 2.26. The number of aryl methyl sites for hydroxylation is 1. The molecule has 1 fully saturated rings. The molecule has 0 saturated carbocycles. The van der Waals surface area contributed by atoms with Crippen molar-refractivity contribution in [2.24, 2.45) is 0 Å². The minimum absolute atomic E-state index is 0.123. The first-order valence-electron chi connectivity index (χ1n) is 10.1. The third-order valence-electron chi connectivity index (χ3n) is 5.22. The van der Waals surface area contributed by atoms with Gasteiger partial charge in [-0.3, -0.25) is 9.69 Å². The van der Waals surface area contributed by atoms with Crippen molar-refractivity contribution in [2.75, 3.05) is 33.2 Å². The van der Waals surface area contributed by atoms with Gasteiger partial charge >= 0.3 is 0 Å². The van der Waals surface area contributed by atoms with Gasteiger partial charge in [-0.2, -0.15) is 0 Å². The minimum atomic E-state index is -0.567. The predicted octanol–water partition coefficient (Wildman–Crippen LogP) is 3.59. The van der Waals surface area contributed by atoms with E-state index in [4.69, 9.17) is 4.74 Å². The summed E-state index contributed by atoms with van der Waals surface area (Å²) >= 11 is 3.49. The minimum Gasteiger partial charge on any atom is -0.480 e. The second kappa shape index (κ2) is 10.2. The molecule has 2 aromatic rings. The molecule has 1 amide bonds. The number of nitrogens with zero attached hydrogens (tertiary/aromatic N) is 2. The molecule has 0 bridgehead atoms. The molecule has 1 N–H and O–H groups in total. The van der Waals surface area contributed by atoms with E-state index in [1.807, 2.05) is 25.1 Å².